The minimum atomic E-state index is -2.90. The summed E-state index contributed by atoms with van der Waals surface area (Å²) in [5.74, 6) is 0.431. The first-order valence-corrected chi connectivity index (χ1v) is 8.56. The third-order valence-electron chi connectivity index (χ3n) is 3.16. The SMILES string of the molecule is CCS(=O)(=O)CCN(CCN)CCc1ccccc1.Cl. The van der Waals surface area contributed by atoms with Crippen molar-refractivity contribution in [2.45, 2.75) is 13.3 Å². The molecule has 0 saturated carbocycles. The standard InChI is InChI=1S/C14H24N2O2S.ClH/c1-2-19(17,18)13-12-16(11-9-15)10-8-14-6-4-3-5-7-14;/h3-7H,2,8-13,15H2,1H3;1H. The van der Waals surface area contributed by atoms with Crippen molar-refractivity contribution in [3.63, 3.8) is 0 Å². The van der Waals surface area contributed by atoms with E-state index < -0.39 is 9.84 Å². The van der Waals surface area contributed by atoms with Crippen LogP contribution in [0.15, 0.2) is 30.3 Å². The number of halogens is 1. The first-order valence-electron chi connectivity index (χ1n) is 6.74. The monoisotopic (exact) mass is 320 g/mol. The summed E-state index contributed by atoms with van der Waals surface area (Å²) in [4.78, 5) is 2.13. The summed E-state index contributed by atoms with van der Waals surface area (Å²) in [7, 11) is -2.90. The fourth-order valence-electron chi connectivity index (χ4n) is 1.86. The molecule has 0 unspecified atom stereocenters. The van der Waals surface area contributed by atoms with Gasteiger partial charge in [-0.3, -0.25) is 0 Å². The Morgan fingerprint density at radius 2 is 1.75 bits per heavy atom. The maximum absolute atomic E-state index is 11.5. The van der Waals surface area contributed by atoms with Gasteiger partial charge in [0, 0.05) is 31.9 Å². The van der Waals surface area contributed by atoms with Gasteiger partial charge in [0.1, 0.15) is 0 Å². The van der Waals surface area contributed by atoms with Crippen LogP contribution in [0.4, 0.5) is 0 Å². The molecule has 0 aliphatic carbocycles. The molecule has 0 saturated heterocycles. The highest BCUT2D eigenvalue weighted by Crippen LogP contribution is 2.02. The Kier molecular flexibility index (Phi) is 9.84. The van der Waals surface area contributed by atoms with E-state index in [-0.39, 0.29) is 23.9 Å². The second-order valence-corrected chi connectivity index (χ2v) is 7.08. The second kappa shape index (κ2) is 10.2. The quantitative estimate of drug-likeness (QED) is 0.746. The zero-order chi connectivity index (χ0) is 14.1. The molecule has 0 radical (unpaired) electrons. The minimum absolute atomic E-state index is 0. The Labute approximate surface area is 128 Å². The van der Waals surface area contributed by atoms with E-state index in [1.165, 1.54) is 5.56 Å². The van der Waals surface area contributed by atoms with E-state index in [2.05, 4.69) is 17.0 Å². The summed E-state index contributed by atoms with van der Waals surface area (Å²) in [6.45, 7) is 4.40. The van der Waals surface area contributed by atoms with Gasteiger partial charge < -0.3 is 10.6 Å². The summed E-state index contributed by atoms with van der Waals surface area (Å²) in [5.41, 5.74) is 6.85. The fourth-order valence-corrected chi connectivity index (χ4v) is 2.69. The van der Waals surface area contributed by atoms with Gasteiger partial charge in [-0.2, -0.15) is 0 Å². The van der Waals surface area contributed by atoms with Crippen molar-refractivity contribution in [3.05, 3.63) is 35.9 Å². The molecule has 0 aromatic heterocycles. The maximum atomic E-state index is 11.5. The molecule has 1 rings (SSSR count). The summed E-state index contributed by atoms with van der Waals surface area (Å²) in [6, 6.07) is 10.2. The van der Waals surface area contributed by atoms with Gasteiger partial charge in [-0.25, -0.2) is 8.42 Å². The third kappa shape index (κ3) is 7.85. The molecule has 0 atom stereocenters. The second-order valence-electron chi connectivity index (χ2n) is 4.60. The van der Waals surface area contributed by atoms with E-state index in [9.17, 15) is 8.42 Å². The van der Waals surface area contributed by atoms with Gasteiger partial charge in [0.05, 0.1) is 5.75 Å². The molecule has 0 fully saturated rings. The van der Waals surface area contributed by atoms with Gasteiger partial charge in [-0.1, -0.05) is 37.3 Å². The lowest BCUT2D eigenvalue weighted by molar-refractivity contribution is 0.301. The average Bonchev–Trinajstić information content (AvgIpc) is 2.43. The molecule has 0 bridgehead atoms. The molecule has 0 aliphatic heterocycles. The lowest BCUT2D eigenvalue weighted by Gasteiger charge is -2.21. The van der Waals surface area contributed by atoms with Crippen LogP contribution in [0.2, 0.25) is 0 Å². The van der Waals surface area contributed by atoms with Crippen LogP contribution in [0.1, 0.15) is 12.5 Å². The highest BCUT2D eigenvalue weighted by molar-refractivity contribution is 7.91. The highest BCUT2D eigenvalue weighted by atomic mass is 35.5. The lowest BCUT2D eigenvalue weighted by Crippen LogP contribution is -2.35. The van der Waals surface area contributed by atoms with Crippen molar-refractivity contribution in [2.24, 2.45) is 5.73 Å². The first-order chi connectivity index (χ1) is 9.07. The van der Waals surface area contributed by atoms with Crippen LogP contribution in [0, 0.1) is 0 Å². The van der Waals surface area contributed by atoms with Gasteiger partial charge >= 0.3 is 0 Å². The average molecular weight is 321 g/mol. The van der Waals surface area contributed by atoms with Crippen LogP contribution >= 0.6 is 12.4 Å². The number of sulfone groups is 1. The predicted molar refractivity (Wildman–Crippen MR) is 87.2 cm³/mol. The van der Waals surface area contributed by atoms with Crippen molar-refractivity contribution in [1.29, 1.82) is 0 Å². The molecule has 1 aromatic carbocycles. The Bertz CT molecular complexity index is 452. The summed E-state index contributed by atoms with van der Waals surface area (Å²) in [6.07, 6.45) is 0.924. The van der Waals surface area contributed by atoms with E-state index in [1.54, 1.807) is 6.92 Å². The van der Waals surface area contributed by atoms with Crippen LogP contribution in [-0.2, 0) is 16.3 Å². The zero-order valence-corrected chi connectivity index (χ0v) is 13.6. The smallest absolute Gasteiger partial charge is 0.151 e. The molecule has 116 valence electrons. The zero-order valence-electron chi connectivity index (χ0n) is 12.0. The molecule has 6 heteroatoms. The molecule has 20 heavy (non-hydrogen) atoms. The molecule has 2 N–H and O–H groups in total. The Balaban J connectivity index is 0.00000361. The van der Waals surface area contributed by atoms with Crippen molar-refractivity contribution >= 4 is 22.2 Å². The summed E-state index contributed by atoms with van der Waals surface area (Å²) < 4.78 is 23.0. The molecule has 0 amide bonds. The molecule has 0 heterocycles. The molecular weight excluding hydrogens is 296 g/mol. The van der Waals surface area contributed by atoms with Crippen LogP contribution in [0.3, 0.4) is 0 Å². The Morgan fingerprint density at radius 3 is 2.30 bits per heavy atom. The van der Waals surface area contributed by atoms with Gasteiger partial charge in [0.25, 0.3) is 0 Å². The van der Waals surface area contributed by atoms with Crippen molar-refractivity contribution in [3.8, 4) is 0 Å². The molecule has 1 aromatic rings. The molecule has 4 nitrogen and oxygen atoms in total. The fraction of sp³-hybridized carbons (Fsp3) is 0.571. The van der Waals surface area contributed by atoms with Crippen LogP contribution in [0.5, 0.6) is 0 Å². The van der Waals surface area contributed by atoms with Crippen molar-refractivity contribution < 1.29 is 8.42 Å². The normalized spacial score (nSPS) is 11.3. The molecule has 0 aliphatic rings. The van der Waals surface area contributed by atoms with E-state index in [0.29, 0.717) is 13.1 Å². The predicted octanol–water partition coefficient (Wildman–Crippen LogP) is 1.35. The van der Waals surface area contributed by atoms with E-state index in [1.807, 2.05) is 18.2 Å². The van der Waals surface area contributed by atoms with E-state index in [0.717, 1.165) is 19.5 Å². The molecular formula is C14H25ClN2O2S. The number of hydrogen-bond donors (Lipinski definition) is 1. The van der Waals surface area contributed by atoms with Gasteiger partial charge in [-0.05, 0) is 12.0 Å². The lowest BCUT2D eigenvalue weighted by atomic mass is 10.1. The number of rotatable bonds is 9. The summed E-state index contributed by atoms with van der Waals surface area (Å²) >= 11 is 0. The minimum Gasteiger partial charge on any atom is -0.329 e. The van der Waals surface area contributed by atoms with Crippen LogP contribution in [-0.4, -0.2) is 51.0 Å². The number of hydrogen-bond acceptors (Lipinski definition) is 4. The Hall–Kier alpha value is -0.620. The van der Waals surface area contributed by atoms with Crippen LogP contribution in [0.25, 0.3) is 0 Å². The van der Waals surface area contributed by atoms with Gasteiger partial charge in [0.2, 0.25) is 0 Å². The first kappa shape index (κ1) is 19.4. The third-order valence-corrected chi connectivity index (χ3v) is 4.85. The number of nitrogens with two attached hydrogens (primary N) is 1. The van der Waals surface area contributed by atoms with Crippen LogP contribution < -0.4 is 5.73 Å². The number of benzene rings is 1. The topological polar surface area (TPSA) is 63.4 Å². The molecule has 0 spiro atoms. The number of nitrogens with zero attached hydrogens (tertiary/aromatic N) is 1. The Morgan fingerprint density at radius 1 is 1.10 bits per heavy atom. The maximum Gasteiger partial charge on any atom is 0.151 e. The highest BCUT2D eigenvalue weighted by Gasteiger charge is 2.11. The largest absolute Gasteiger partial charge is 0.329 e. The van der Waals surface area contributed by atoms with E-state index in [4.69, 9.17) is 5.73 Å². The van der Waals surface area contributed by atoms with Crippen molar-refractivity contribution in [1.82, 2.24) is 4.90 Å². The van der Waals surface area contributed by atoms with Crippen molar-refractivity contribution in [2.75, 3.05) is 37.7 Å². The van der Waals surface area contributed by atoms with Gasteiger partial charge in [-0.15, -0.1) is 12.4 Å². The van der Waals surface area contributed by atoms with Gasteiger partial charge in [0.15, 0.2) is 9.84 Å². The summed E-state index contributed by atoms with van der Waals surface area (Å²) in [5, 5.41) is 0. The van der Waals surface area contributed by atoms with E-state index >= 15 is 0 Å².